The maximum atomic E-state index is 14.5. The quantitative estimate of drug-likeness (QED) is 0.401. The van der Waals surface area contributed by atoms with Crippen molar-refractivity contribution in [2.75, 3.05) is 18.8 Å². The van der Waals surface area contributed by atoms with E-state index in [-0.39, 0.29) is 17.7 Å². The molecular formula is C30H35F2N3O2. The second-order valence-corrected chi connectivity index (χ2v) is 10.7. The van der Waals surface area contributed by atoms with Gasteiger partial charge in [0.05, 0.1) is 0 Å². The smallest absolute Gasteiger partial charge is 0.410 e. The summed E-state index contributed by atoms with van der Waals surface area (Å²) in [5.74, 6) is -0.514. The number of rotatable bonds is 7. The number of carbonyl (C=O) groups excluding carboxylic acids is 1. The highest BCUT2D eigenvalue weighted by atomic mass is 19.1. The van der Waals surface area contributed by atoms with E-state index in [1.807, 2.05) is 57.2 Å². The van der Waals surface area contributed by atoms with Crippen molar-refractivity contribution in [2.45, 2.75) is 58.3 Å². The number of ether oxygens (including phenoxy) is 1. The Morgan fingerprint density at radius 2 is 1.84 bits per heavy atom. The Bertz CT molecular complexity index is 1240. The molecule has 1 unspecified atom stereocenters. The molecule has 7 heteroatoms. The van der Waals surface area contributed by atoms with Gasteiger partial charge in [-0.2, -0.15) is 0 Å². The van der Waals surface area contributed by atoms with E-state index in [0.717, 1.165) is 16.7 Å². The number of hydrogen-bond donors (Lipinski definition) is 1. The van der Waals surface area contributed by atoms with Gasteiger partial charge < -0.3 is 15.4 Å². The normalized spacial score (nSPS) is 15.8. The van der Waals surface area contributed by atoms with E-state index >= 15 is 0 Å². The molecule has 0 spiro atoms. The molecule has 1 atom stereocenters. The lowest BCUT2D eigenvalue weighted by Crippen LogP contribution is -2.47. The topological polar surface area (TPSA) is 58.8 Å². The van der Waals surface area contributed by atoms with Crippen molar-refractivity contribution in [1.82, 2.24) is 9.80 Å². The molecule has 0 bridgehead atoms. The largest absolute Gasteiger partial charge is 0.444 e. The van der Waals surface area contributed by atoms with E-state index in [9.17, 15) is 13.6 Å². The minimum absolute atomic E-state index is 0.0425. The molecule has 0 aliphatic carbocycles. The minimum atomic E-state index is -0.632. The maximum Gasteiger partial charge on any atom is 0.410 e. The summed E-state index contributed by atoms with van der Waals surface area (Å²) in [5.41, 5.74) is 9.49. The van der Waals surface area contributed by atoms with Gasteiger partial charge in [0.1, 0.15) is 17.2 Å². The number of nitrogen functional groups attached to an aromatic ring is 1. The van der Waals surface area contributed by atoms with Crippen LogP contribution in [0.3, 0.4) is 0 Å². The van der Waals surface area contributed by atoms with Crippen molar-refractivity contribution in [3.05, 3.63) is 101 Å². The molecule has 0 saturated carbocycles. The van der Waals surface area contributed by atoms with E-state index in [0.29, 0.717) is 50.3 Å². The van der Waals surface area contributed by atoms with Gasteiger partial charge in [0.15, 0.2) is 0 Å². The molecule has 1 amide bonds. The second-order valence-electron chi connectivity index (χ2n) is 10.7. The van der Waals surface area contributed by atoms with Crippen LogP contribution in [0.1, 0.15) is 43.0 Å². The zero-order chi connectivity index (χ0) is 26.6. The first-order valence-electron chi connectivity index (χ1n) is 12.6. The van der Waals surface area contributed by atoms with Crippen molar-refractivity contribution in [2.24, 2.45) is 0 Å². The number of nitrogens with two attached hydrogens (primary N) is 1. The van der Waals surface area contributed by atoms with Gasteiger partial charge >= 0.3 is 6.09 Å². The van der Waals surface area contributed by atoms with E-state index in [4.69, 9.17) is 10.5 Å². The highest BCUT2D eigenvalue weighted by molar-refractivity contribution is 5.68. The third kappa shape index (κ3) is 7.29. The lowest BCUT2D eigenvalue weighted by Gasteiger charge is -2.38. The molecule has 0 fully saturated rings. The fourth-order valence-electron chi connectivity index (χ4n) is 4.77. The van der Waals surface area contributed by atoms with Gasteiger partial charge in [0.2, 0.25) is 0 Å². The summed E-state index contributed by atoms with van der Waals surface area (Å²) < 4.78 is 34.2. The Labute approximate surface area is 217 Å². The Morgan fingerprint density at radius 3 is 2.57 bits per heavy atom. The van der Waals surface area contributed by atoms with Crippen LogP contribution in [-0.4, -0.2) is 40.6 Å². The predicted octanol–water partition coefficient (Wildman–Crippen LogP) is 5.95. The van der Waals surface area contributed by atoms with Crippen LogP contribution in [-0.2, 0) is 30.7 Å². The van der Waals surface area contributed by atoms with Crippen LogP contribution < -0.4 is 5.73 Å². The Hall–Kier alpha value is -3.45. The Kier molecular flexibility index (Phi) is 8.13. The summed E-state index contributed by atoms with van der Waals surface area (Å²) in [7, 11) is 0. The maximum absolute atomic E-state index is 14.5. The molecule has 37 heavy (non-hydrogen) atoms. The summed E-state index contributed by atoms with van der Waals surface area (Å²) in [5, 5.41) is 0. The first kappa shape index (κ1) is 26.6. The average molecular weight is 508 g/mol. The number of fused-ring (bicyclic) bond motifs is 1. The highest BCUT2D eigenvalue weighted by Gasteiger charge is 2.29. The fourth-order valence-corrected chi connectivity index (χ4v) is 4.77. The Morgan fingerprint density at radius 1 is 1.05 bits per heavy atom. The van der Waals surface area contributed by atoms with Crippen molar-refractivity contribution >= 4 is 11.8 Å². The monoisotopic (exact) mass is 507 g/mol. The van der Waals surface area contributed by atoms with E-state index in [1.54, 1.807) is 23.1 Å². The molecule has 196 valence electrons. The zero-order valence-electron chi connectivity index (χ0n) is 21.7. The van der Waals surface area contributed by atoms with Crippen LogP contribution in [0.25, 0.3) is 0 Å². The third-order valence-corrected chi connectivity index (χ3v) is 6.56. The van der Waals surface area contributed by atoms with Crippen LogP contribution in [0.2, 0.25) is 0 Å². The predicted molar refractivity (Wildman–Crippen MR) is 142 cm³/mol. The number of carbonyl (C=O) groups is 1. The van der Waals surface area contributed by atoms with Crippen molar-refractivity contribution in [3.63, 3.8) is 0 Å². The SMILES string of the molecule is CC(C)(C)OC(=O)N(CCN1Cc2ccc(F)cc2CC1Cc1ccccc1F)Cc1cccc(N)c1. The van der Waals surface area contributed by atoms with Crippen LogP contribution in [0.5, 0.6) is 0 Å². The van der Waals surface area contributed by atoms with E-state index in [1.165, 1.54) is 12.1 Å². The Balaban J connectivity index is 1.56. The van der Waals surface area contributed by atoms with Gasteiger partial charge in [-0.3, -0.25) is 4.90 Å². The lowest BCUT2D eigenvalue weighted by atomic mass is 9.90. The first-order valence-corrected chi connectivity index (χ1v) is 12.6. The highest BCUT2D eigenvalue weighted by Crippen LogP contribution is 2.27. The van der Waals surface area contributed by atoms with Crippen LogP contribution >= 0.6 is 0 Å². The summed E-state index contributed by atoms with van der Waals surface area (Å²) in [4.78, 5) is 17.1. The standard InChI is InChI=1S/C30H35F2N3O2/c1-30(2,3)37-29(36)35(19-21-7-6-9-26(33)15-21)14-13-34-20-23-11-12-25(31)16-24(23)18-27(34)17-22-8-4-5-10-28(22)32/h4-12,15-16,27H,13-14,17-20,33H2,1-3H3. The average Bonchev–Trinajstić information content (AvgIpc) is 2.82. The number of nitrogens with zero attached hydrogens (tertiary/aromatic N) is 2. The summed E-state index contributed by atoms with van der Waals surface area (Å²) in [6.07, 6.45) is 0.688. The third-order valence-electron chi connectivity index (χ3n) is 6.56. The summed E-state index contributed by atoms with van der Waals surface area (Å²) in [6, 6.07) is 19.0. The van der Waals surface area contributed by atoms with Crippen molar-refractivity contribution in [1.29, 1.82) is 0 Å². The zero-order valence-corrected chi connectivity index (χ0v) is 21.7. The molecule has 3 aromatic rings. The molecule has 0 saturated heterocycles. The van der Waals surface area contributed by atoms with Gasteiger partial charge in [-0.15, -0.1) is 0 Å². The van der Waals surface area contributed by atoms with E-state index in [2.05, 4.69) is 4.90 Å². The van der Waals surface area contributed by atoms with Gasteiger partial charge in [-0.05, 0) is 86.2 Å². The fraction of sp³-hybridized carbons (Fsp3) is 0.367. The number of benzene rings is 3. The minimum Gasteiger partial charge on any atom is -0.444 e. The molecule has 0 aromatic heterocycles. The van der Waals surface area contributed by atoms with Crippen molar-refractivity contribution in [3.8, 4) is 0 Å². The number of hydrogen-bond acceptors (Lipinski definition) is 4. The van der Waals surface area contributed by atoms with E-state index < -0.39 is 11.7 Å². The second kappa shape index (κ2) is 11.3. The molecule has 1 aliphatic rings. The first-order chi connectivity index (χ1) is 17.6. The lowest BCUT2D eigenvalue weighted by molar-refractivity contribution is 0.0198. The summed E-state index contributed by atoms with van der Waals surface area (Å²) in [6.45, 7) is 7.44. The number of anilines is 1. The van der Waals surface area contributed by atoms with Gasteiger partial charge in [-0.25, -0.2) is 13.6 Å². The van der Waals surface area contributed by atoms with Crippen molar-refractivity contribution < 1.29 is 18.3 Å². The molecule has 1 aliphatic heterocycles. The molecule has 0 radical (unpaired) electrons. The van der Waals surface area contributed by atoms with Gasteiger partial charge in [0.25, 0.3) is 0 Å². The van der Waals surface area contributed by atoms with Gasteiger partial charge in [0, 0.05) is 37.9 Å². The molecule has 5 nitrogen and oxygen atoms in total. The number of amides is 1. The van der Waals surface area contributed by atoms with Crippen LogP contribution in [0.15, 0.2) is 66.7 Å². The van der Waals surface area contributed by atoms with Gasteiger partial charge in [-0.1, -0.05) is 36.4 Å². The molecule has 4 rings (SSSR count). The van der Waals surface area contributed by atoms with Crippen LogP contribution in [0, 0.1) is 11.6 Å². The van der Waals surface area contributed by atoms with Crippen LogP contribution in [0.4, 0.5) is 19.3 Å². The molecular weight excluding hydrogens is 472 g/mol. The molecule has 2 N–H and O–H groups in total. The molecule has 3 aromatic carbocycles. The number of halogens is 2. The molecule has 1 heterocycles. The summed E-state index contributed by atoms with van der Waals surface area (Å²) >= 11 is 0.